The Labute approximate surface area is 121 Å². The molecule has 0 saturated heterocycles. The molecule has 1 unspecified atom stereocenters. The van der Waals surface area contributed by atoms with Gasteiger partial charge in [0, 0.05) is 25.0 Å². The smallest absolute Gasteiger partial charge is 0.230 e. The molecule has 1 aliphatic carbocycles. The van der Waals surface area contributed by atoms with Gasteiger partial charge < -0.3 is 14.2 Å². The predicted octanol–water partition coefficient (Wildman–Crippen LogP) is 1.34. The molecule has 1 aromatic rings. The van der Waals surface area contributed by atoms with E-state index < -0.39 is 17.2 Å². The van der Waals surface area contributed by atoms with E-state index in [9.17, 15) is 14.4 Å². The minimum absolute atomic E-state index is 0.0731. The van der Waals surface area contributed by atoms with Gasteiger partial charge in [0.1, 0.15) is 28.6 Å². The zero-order valence-electron chi connectivity index (χ0n) is 11.7. The van der Waals surface area contributed by atoms with E-state index in [1.165, 1.54) is 14.2 Å². The lowest BCUT2D eigenvalue weighted by Crippen LogP contribution is -2.51. The maximum Gasteiger partial charge on any atom is 0.230 e. The van der Waals surface area contributed by atoms with Crippen molar-refractivity contribution in [2.75, 3.05) is 14.2 Å². The van der Waals surface area contributed by atoms with E-state index in [-0.39, 0.29) is 36.4 Å². The minimum Gasteiger partial charge on any atom is -0.496 e. The zero-order valence-corrected chi connectivity index (χ0v) is 11.7. The van der Waals surface area contributed by atoms with Crippen LogP contribution in [0, 0.1) is 0 Å². The Morgan fingerprint density at radius 3 is 2.52 bits per heavy atom. The summed E-state index contributed by atoms with van der Waals surface area (Å²) in [5, 5.41) is 0. The highest BCUT2D eigenvalue weighted by molar-refractivity contribution is 6.26. The normalized spacial score (nSPS) is 24.0. The fraction of sp³-hybridized carbons (Fsp3) is 0.400. The van der Waals surface area contributed by atoms with Gasteiger partial charge in [0.2, 0.25) is 11.4 Å². The zero-order chi connectivity index (χ0) is 15.2. The molecule has 0 radical (unpaired) electrons. The van der Waals surface area contributed by atoms with Crippen molar-refractivity contribution in [1.29, 1.82) is 0 Å². The Morgan fingerprint density at radius 1 is 1.14 bits per heavy atom. The standard InChI is InChI=1S/C15H14O6/c1-19-9-6-10(20-2)13-11(7-9)21-15(14(13)18)4-3-8(16)5-12(15)17/h6-7H,3-5H2,1-2H3. The van der Waals surface area contributed by atoms with Gasteiger partial charge in [0.25, 0.3) is 0 Å². The van der Waals surface area contributed by atoms with E-state index in [1.807, 2.05) is 0 Å². The van der Waals surface area contributed by atoms with Crippen LogP contribution in [0.25, 0.3) is 0 Å². The van der Waals surface area contributed by atoms with E-state index in [0.717, 1.165) is 0 Å². The lowest BCUT2D eigenvalue weighted by molar-refractivity contribution is -0.139. The molecule has 6 heteroatoms. The monoisotopic (exact) mass is 290 g/mol. The fourth-order valence-electron chi connectivity index (χ4n) is 2.80. The van der Waals surface area contributed by atoms with Crippen molar-refractivity contribution in [1.82, 2.24) is 0 Å². The molecule has 3 rings (SSSR count). The third kappa shape index (κ3) is 1.82. The van der Waals surface area contributed by atoms with Gasteiger partial charge in [-0.25, -0.2) is 0 Å². The lowest BCUT2D eigenvalue weighted by Gasteiger charge is -2.28. The number of carbonyl (C=O) groups excluding carboxylic acids is 3. The van der Waals surface area contributed by atoms with Gasteiger partial charge in [0.05, 0.1) is 20.6 Å². The van der Waals surface area contributed by atoms with E-state index in [4.69, 9.17) is 14.2 Å². The fourth-order valence-corrected chi connectivity index (χ4v) is 2.80. The van der Waals surface area contributed by atoms with Gasteiger partial charge in [0.15, 0.2) is 5.78 Å². The minimum atomic E-state index is -1.57. The van der Waals surface area contributed by atoms with Crippen molar-refractivity contribution >= 4 is 17.3 Å². The molecule has 1 saturated carbocycles. The number of Topliss-reactive ketones (excluding diaryl/α,β-unsaturated/α-hetero) is 3. The molecule has 1 aliphatic heterocycles. The second-order valence-corrected chi connectivity index (χ2v) is 5.10. The van der Waals surface area contributed by atoms with E-state index in [0.29, 0.717) is 11.5 Å². The molecule has 110 valence electrons. The van der Waals surface area contributed by atoms with E-state index in [2.05, 4.69) is 0 Å². The van der Waals surface area contributed by atoms with Gasteiger partial charge >= 0.3 is 0 Å². The van der Waals surface area contributed by atoms with Crippen molar-refractivity contribution in [2.24, 2.45) is 0 Å². The van der Waals surface area contributed by atoms with E-state index in [1.54, 1.807) is 12.1 Å². The summed E-state index contributed by atoms with van der Waals surface area (Å²) in [4.78, 5) is 36.3. The summed E-state index contributed by atoms with van der Waals surface area (Å²) in [5.41, 5.74) is -1.34. The highest BCUT2D eigenvalue weighted by atomic mass is 16.5. The molecular weight excluding hydrogens is 276 g/mol. The molecule has 1 atom stereocenters. The largest absolute Gasteiger partial charge is 0.496 e. The van der Waals surface area contributed by atoms with Crippen LogP contribution in [0.1, 0.15) is 29.6 Å². The highest BCUT2D eigenvalue weighted by Crippen LogP contribution is 2.46. The van der Waals surface area contributed by atoms with Crippen LogP contribution < -0.4 is 14.2 Å². The van der Waals surface area contributed by atoms with Gasteiger partial charge in [-0.15, -0.1) is 0 Å². The first kappa shape index (κ1) is 13.6. The Bertz CT molecular complexity index is 662. The van der Waals surface area contributed by atoms with Crippen molar-refractivity contribution in [2.45, 2.75) is 24.9 Å². The van der Waals surface area contributed by atoms with Crippen LogP contribution in [0.2, 0.25) is 0 Å². The van der Waals surface area contributed by atoms with Crippen molar-refractivity contribution in [3.05, 3.63) is 17.7 Å². The topological polar surface area (TPSA) is 78.9 Å². The van der Waals surface area contributed by atoms with Crippen molar-refractivity contribution < 1.29 is 28.6 Å². The number of methoxy groups -OCH3 is 2. The third-order valence-electron chi connectivity index (χ3n) is 3.94. The van der Waals surface area contributed by atoms with E-state index >= 15 is 0 Å². The number of fused-ring (bicyclic) bond motifs is 1. The first-order valence-corrected chi connectivity index (χ1v) is 6.56. The summed E-state index contributed by atoms with van der Waals surface area (Å²) >= 11 is 0. The van der Waals surface area contributed by atoms with Gasteiger partial charge in [-0.3, -0.25) is 14.4 Å². The number of carbonyl (C=O) groups is 3. The molecule has 1 aromatic carbocycles. The number of rotatable bonds is 2. The maximum absolute atomic E-state index is 12.7. The molecular formula is C15H14O6. The Morgan fingerprint density at radius 2 is 1.90 bits per heavy atom. The number of benzene rings is 1. The average Bonchev–Trinajstić information content (AvgIpc) is 2.76. The summed E-state index contributed by atoms with van der Waals surface area (Å²) in [7, 11) is 2.91. The summed E-state index contributed by atoms with van der Waals surface area (Å²) in [6, 6.07) is 3.12. The Kier molecular flexibility index (Phi) is 2.97. The van der Waals surface area contributed by atoms with Gasteiger partial charge in [-0.1, -0.05) is 0 Å². The third-order valence-corrected chi connectivity index (χ3v) is 3.94. The first-order valence-electron chi connectivity index (χ1n) is 6.56. The number of ether oxygens (including phenoxy) is 3. The van der Waals surface area contributed by atoms with Crippen molar-refractivity contribution in [3.8, 4) is 17.2 Å². The summed E-state index contributed by atoms with van der Waals surface area (Å²) in [6.07, 6.45) is -0.0340. The second-order valence-electron chi connectivity index (χ2n) is 5.10. The Balaban J connectivity index is 2.10. The second kappa shape index (κ2) is 4.58. The molecule has 6 nitrogen and oxygen atoms in total. The van der Waals surface area contributed by atoms with Gasteiger partial charge in [-0.2, -0.15) is 0 Å². The van der Waals surface area contributed by atoms with Crippen LogP contribution in [-0.4, -0.2) is 37.2 Å². The SMILES string of the molecule is COc1cc(OC)c2c(c1)OC1(CCC(=O)CC1=O)C2=O. The van der Waals surface area contributed by atoms with Crippen LogP contribution in [0.5, 0.6) is 17.2 Å². The number of hydrogen-bond acceptors (Lipinski definition) is 6. The maximum atomic E-state index is 12.7. The summed E-state index contributed by atoms with van der Waals surface area (Å²) in [6.45, 7) is 0. The predicted molar refractivity (Wildman–Crippen MR) is 71.1 cm³/mol. The quantitative estimate of drug-likeness (QED) is 0.765. The van der Waals surface area contributed by atoms with Crippen molar-refractivity contribution in [3.63, 3.8) is 0 Å². The van der Waals surface area contributed by atoms with Crippen LogP contribution >= 0.6 is 0 Å². The molecule has 2 aliphatic rings. The van der Waals surface area contributed by atoms with Crippen LogP contribution in [-0.2, 0) is 9.59 Å². The average molecular weight is 290 g/mol. The molecule has 0 aromatic heterocycles. The molecule has 0 amide bonds. The lowest BCUT2D eigenvalue weighted by atomic mass is 9.79. The molecule has 21 heavy (non-hydrogen) atoms. The highest BCUT2D eigenvalue weighted by Gasteiger charge is 2.57. The van der Waals surface area contributed by atoms with Crippen LogP contribution in [0.15, 0.2) is 12.1 Å². The first-order chi connectivity index (χ1) is 10.0. The molecule has 0 bridgehead atoms. The van der Waals surface area contributed by atoms with Crippen LogP contribution in [0.3, 0.4) is 0 Å². The summed E-state index contributed by atoms with van der Waals surface area (Å²) < 4.78 is 16.0. The Hall–Kier alpha value is -2.37. The molecule has 1 spiro atoms. The van der Waals surface area contributed by atoms with Gasteiger partial charge in [-0.05, 0) is 0 Å². The molecule has 1 heterocycles. The molecule has 1 fully saturated rings. The number of ketones is 3. The number of hydrogen-bond donors (Lipinski definition) is 0. The summed E-state index contributed by atoms with van der Waals surface area (Å²) in [5.74, 6) is -0.0531. The van der Waals surface area contributed by atoms with Crippen LogP contribution in [0.4, 0.5) is 0 Å². The molecule has 0 N–H and O–H groups in total.